The van der Waals surface area contributed by atoms with Crippen LogP contribution in [0.3, 0.4) is 0 Å². The highest BCUT2D eigenvalue weighted by Crippen LogP contribution is 2.15. The standard InChI is InChI=1S/C15H17N3O2/c1-3-10(2)16-14(19)13-9-12(17-15(20)18-13)11-7-5-4-6-8-11/h4-10H,3H2,1-2H3,(H,16,19)(H,17,18,20). The average Bonchev–Trinajstić information content (AvgIpc) is 2.47. The highest BCUT2D eigenvalue weighted by molar-refractivity contribution is 5.93. The lowest BCUT2D eigenvalue weighted by Crippen LogP contribution is -2.33. The topological polar surface area (TPSA) is 74.8 Å². The van der Waals surface area contributed by atoms with E-state index in [0.717, 1.165) is 12.0 Å². The summed E-state index contributed by atoms with van der Waals surface area (Å²) in [4.78, 5) is 30.0. The molecule has 0 fully saturated rings. The number of hydrogen-bond donors (Lipinski definition) is 2. The van der Waals surface area contributed by atoms with E-state index in [2.05, 4.69) is 15.3 Å². The number of aromatic amines is 1. The first-order valence-corrected chi connectivity index (χ1v) is 6.57. The molecule has 5 nitrogen and oxygen atoms in total. The number of H-pyrrole nitrogens is 1. The Morgan fingerprint density at radius 3 is 2.70 bits per heavy atom. The first-order chi connectivity index (χ1) is 9.60. The number of aromatic nitrogens is 2. The fourth-order valence-electron chi connectivity index (χ4n) is 1.74. The molecule has 0 spiro atoms. The molecule has 0 saturated heterocycles. The van der Waals surface area contributed by atoms with Gasteiger partial charge in [0.15, 0.2) is 0 Å². The molecule has 0 saturated carbocycles. The molecule has 0 aliphatic rings. The van der Waals surface area contributed by atoms with Crippen LogP contribution in [-0.2, 0) is 0 Å². The van der Waals surface area contributed by atoms with Crippen LogP contribution >= 0.6 is 0 Å². The predicted octanol–water partition coefficient (Wildman–Crippen LogP) is 1.97. The molecular formula is C15H17N3O2. The number of amides is 1. The largest absolute Gasteiger partial charge is 0.348 e. The molecule has 0 bridgehead atoms. The fraction of sp³-hybridized carbons (Fsp3) is 0.267. The Balaban J connectivity index is 2.35. The van der Waals surface area contributed by atoms with Gasteiger partial charge in [-0.25, -0.2) is 4.79 Å². The zero-order valence-electron chi connectivity index (χ0n) is 11.5. The highest BCUT2D eigenvalue weighted by atomic mass is 16.2. The summed E-state index contributed by atoms with van der Waals surface area (Å²) in [7, 11) is 0. The fourth-order valence-corrected chi connectivity index (χ4v) is 1.74. The van der Waals surface area contributed by atoms with Crippen LogP contribution < -0.4 is 11.0 Å². The van der Waals surface area contributed by atoms with E-state index in [1.54, 1.807) is 6.07 Å². The second kappa shape index (κ2) is 6.14. The molecule has 1 atom stereocenters. The van der Waals surface area contributed by atoms with Gasteiger partial charge in [0, 0.05) is 11.6 Å². The van der Waals surface area contributed by atoms with Gasteiger partial charge in [-0.3, -0.25) is 4.79 Å². The summed E-state index contributed by atoms with van der Waals surface area (Å²) >= 11 is 0. The molecule has 0 aliphatic heterocycles. The Morgan fingerprint density at radius 2 is 2.05 bits per heavy atom. The summed E-state index contributed by atoms with van der Waals surface area (Å²) in [5.74, 6) is -0.295. The molecule has 20 heavy (non-hydrogen) atoms. The van der Waals surface area contributed by atoms with Crippen LogP contribution in [0.25, 0.3) is 11.3 Å². The number of nitrogens with one attached hydrogen (secondary N) is 2. The summed E-state index contributed by atoms with van der Waals surface area (Å²) in [6.45, 7) is 3.89. The summed E-state index contributed by atoms with van der Waals surface area (Å²) in [6.07, 6.45) is 0.826. The van der Waals surface area contributed by atoms with Crippen LogP contribution in [0.2, 0.25) is 0 Å². The van der Waals surface area contributed by atoms with Crippen molar-refractivity contribution in [3.63, 3.8) is 0 Å². The van der Waals surface area contributed by atoms with Gasteiger partial charge in [-0.2, -0.15) is 4.98 Å². The van der Waals surface area contributed by atoms with E-state index in [0.29, 0.717) is 5.69 Å². The van der Waals surface area contributed by atoms with Gasteiger partial charge >= 0.3 is 5.69 Å². The predicted molar refractivity (Wildman–Crippen MR) is 77.5 cm³/mol. The first-order valence-electron chi connectivity index (χ1n) is 6.57. The van der Waals surface area contributed by atoms with Crippen LogP contribution in [0.4, 0.5) is 0 Å². The van der Waals surface area contributed by atoms with Gasteiger partial charge in [-0.05, 0) is 19.4 Å². The second-order valence-corrected chi connectivity index (χ2v) is 4.63. The highest BCUT2D eigenvalue weighted by Gasteiger charge is 2.12. The van der Waals surface area contributed by atoms with E-state index < -0.39 is 5.69 Å². The number of carbonyl (C=O) groups excluding carboxylic acids is 1. The van der Waals surface area contributed by atoms with Crippen LogP contribution in [0.5, 0.6) is 0 Å². The molecular weight excluding hydrogens is 254 g/mol. The first kappa shape index (κ1) is 14.0. The lowest BCUT2D eigenvalue weighted by atomic mass is 10.1. The molecule has 2 N–H and O–H groups in total. The van der Waals surface area contributed by atoms with E-state index in [-0.39, 0.29) is 17.6 Å². The van der Waals surface area contributed by atoms with E-state index in [1.165, 1.54) is 0 Å². The summed E-state index contributed by atoms with van der Waals surface area (Å²) < 4.78 is 0. The third kappa shape index (κ3) is 3.32. The number of nitrogens with zero attached hydrogens (tertiary/aromatic N) is 1. The van der Waals surface area contributed by atoms with Crippen LogP contribution in [0.1, 0.15) is 30.8 Å². The van der Waals surface area contributed by atoms with Crippen molar-refractivity contribution >= 4 is 5.91 Å². The van der Waals surface area contributed by atoms with E-state index in [1.807, 2.05) is 44.2 Å². The zero-order chi connectivity index (χ0) is 14.5. The summed E-state index contributed by atoms with van der Waals surface area (Å²) in [5.41, 5.74) is 0.990. The minimum atomic E-state index is -0.527. The average molecular weight is 271 g/mol. The molecule has 0 radical (unpaired) electrons. The minimum absolute atomic E-state index is 0.0549. The quantitative estimate of drug-likeness (QED) is 0.892. The minimum Gasteiger partial charge on any atom is -0.348 e. The Bertz CT molecular complexity index is 650. The van der Waals surface area contributed by atoms with Gasteiger partial charge < -0.3 is 10.3 Å². The molecule has 2 aromatic rings. The number of benzene rings is 1. The Kier molecular flexibility index (Phi) is 4.30. The summed E-state index contributed by atoms with van der Waals surface area (Å²) in [5, 5.41) is 2.81. The molecule has 104 valence electrons. The lowest BCUT2D eigenvalue weighted by molar-refractivity contribution is 0.0934. The summed E-state index contributed by atoms with van der Waals surface area (Å²) in [6, 6.07) is 10.9. The van der Waals surface area contributed by atoms with Crippen LogP contribution in [0.15, 0.2) is 41.2 Å². The maximum atomic E-state index is 12.0. The lowest BCUT2D eigenvalue weighted by Gasteiger charge is -2.11. The molecule has 1 heterocycles. The normalized spacial score (nSPS) is 11.9. The van der Waals surface area contributed by atoms with E-state index >= 15 is 0 Å². The number of hydrogen-bond acceptors (Lipinski definition) is 3. The zero-order valence-corrected chi connectivity index (χ0v) is 11.5. The Labute approximate surface area is 117 Å². The van der Waals surface area contributed by atoms with Crippen molar-refractivity contribution in [3.8, 4) is 11.3 Å². The molecule has 1 unspecified atom stereocenters. The monoisotopic (exact) mass is 271 g/mol. The third-order valence-electron chi connectivity index (χ3n) is 3.05. The van der Waals surface area contributed by atoms with E-state index in [9.17, 15) is 9.59 Å². The van der Waals surface area contributed by atoms with Gasteiger partial charge in [0.2, 0.25) is 0 Å². The van der Waals surface area contributed by atoms with Crippen molar-refractivity contribution < 1.29 is 4.79 Å². The maximum Gasteiger partial charge on any atom is 0.346 e. The van der Waals surface area contributed by atoms with Crippen molar-refractivity contribution in [1.82, 2.24) is 15.3 Å². The van der Waals surface area contributed by atoms with Crippen molar-refractivity contribution in [2.24, 2.45) is 0 Å². The molecule has 1 aromatic carbocycles. The van der Waals surface area contributed by atoms with Gasteiger partial charge in [0.05, 0.1) is 5.69 Å². The second-order valence-electron chi connectivity index (χ2n) is 4.63. The number of rotatable bonds is 4. The van der Waals surface area contributed by atoms with E-state index in [4.69, 9.17) is 0 Å². The van der Waals surface area contributed by atoms with Crippen molar-refractivity contribution in [2.45, 2.75) is 26.3 Å². The van der Waals surface area contributed by atoms with Gasteiger partial charge in [0.25, 0.3) is 5.91 Å². The Hall–Kier alpha value is -2.43. The molecule has 0 aliphatic carbocycles. The van der Waals surface area contributed by atoms with Crippen molar-refractivity contribution in [2.75, 3.05) is 0 Å². The number of carbonyl (C=O) groups is 1. The van der Waals surface area contributed by atoms with Crippen LogP contribution in [0, 0.1) is 0 Å². The smallest absolute Gasteiger partial charge is 0.346 e. The van der Waals surface area contributed by atoms with Gasteiger partial charge in [0.1, 0.15) is 5.69 Å². The molecule has 5 heteroatoms. The van der Waals surface area contributed by atoms with Crippen molar-refractivity contribution in [3.05, 3.63) is 52.6 Å². The van der Waals surface area contributed by atoms with Crippen molar-refractivity contribution in [1.29, 1.82) is 0 Å². The Morgan fingerprint density at radius 1 is 1.35 bits per heavy atom. The third-order valence-corrected chi connectivity index (χ3v) is 3.05. The molecule has 1 aromatic heterocycles. The maximum absolute atomic E-state index is 12.0. The van der Waals surface area contributed by atoms with Gasteiger partial charge in [-0.15, -0.1) is 0 Å². The molecule has 2 rings (SSSR count). The molecule has 1 amide bonds. The van der Waals surface area contributed by atoms with Crippen LogP contribution in [-0.4, -0.2) is 21.9 Å². The van der Waals surface area contributed by atoms with Gasteiger partial charge in [-0.1, -0.05) is 37.3 Å². The SMILES string of the molecule is CCC(C)NC(=O)c1cc(-c2ccccc2)nc(=O)[nH]1.